The first-order chi connectivity index (χ1) is 13.1. The van der Waals surface area contributed by atoms with Gasteiger partial charge in [-0.15, -0.1) is 0 Å². The molecule has 0 unspecified atom stereocenters. The molecule has 0 saturated carbocycles. The molecule has 27 heavy (non-hydrogen) atoms. The van der Waals surface area contributed by atoms with Gasteiger partial charge in [0.1, 0.15) is 12.7 Å². The van der Waals surface area contributed by atoms with Crippen molar-refractivity contribution in [2.45, 2.75) is 33.9 Å². The lowest BCUT2D eigenvalue weighted by atomic mass is 10.0. The third kappa shape index (κ3) is 4.17. The topological polar surface area (TPSA) is 50.1 Å². The van der Waals surface area contributed by atoms with Crippen LogP contribution in [0.15, 0.2) is 30.9 Å². The average molecular weight is 364 g/mol. The van der Waals surface area contributed by atoms with Crippen molar-refractivity contribution in [2.24, 2.45) is 0 Å². The zero-order valence-corrected chi connectivity index (χ0v) is 16.5. The summed E-state index contributed by atoms with van der Waals surface area (Å²) in [6, 6.07) is 6.78. The SMILES string of the molecule is Cc1cc(C)c2nc(C)cc(CN3CCN(CCn4cncn4)CC3)c2c1. The van der Waals surface area contributed by atoms with Crippen LogP contribution in [0.4, 0.5) is 0 Å². The number of fused-ring (bicyclic) bond motifs is 1. The molecule has 0 spiro atoms. The second-order valence-electron chi connectivity index (χ2n) is 7.68. The highest BCUT2D eigenvalue weighted by atomic mass is 15.3. The Bertz CT molecular complexity index is 910. The fourth-order valence-corrected chi connectivity index (χ4v) is 4.03. The Kier molecular flexibility index (Phi) is 5.18. The molecule has 0 bridgehead atoms. The van der Waals surface area contributed by atoms with Gasteiger partial charge in [-0.1, -0.05) is 11.6 Å². The molecule has 1 saturated heterocycles. The largest absolute Gasteiger partial charge is 0.299 e. The number of rotatable bonds is 5. The molecule has 1 aromatic carbocycles. The van der Waals surface area contributed by atoms with E-state index in [0.717, 1.165) is 57.0 Å². The lowest BCUT2D eigenvalue weighted by Gasteiger charge is -2.34. The Morgan fingerprint density at radius 3 is 2.44 bits per heavy atom. The lowest BCUT2D eigenvalue weighted by molar-refractivity contribution is 0.123. The predicted molar refractivity (Wildman–Crippen MR) is 108 cm³/mol. The van der Waals surface area contributed by atoms with Crippen molar-refractivity contribution in [1.82, 2.24) is 29.5 Å². The molecular weight excluding hydrogens is 336 g/mol. The number of pyridine rings is 1. The third-order valence-electron chi connectivity index (χ3n) is 5.43. The van der Waals surface area contributed by atoms with E-state index in [1.165, 1.54) is 22.1 Å². The van der Waals surface area contributed by atoms with Crippen molar-refractivity contribution in [3.8, 4) is 0 Å². The van der Waals surface area contributed by atoms with E-state index in [0.29, 0.717) is 0 Å². The molecule has 0 amide bonds. The zero-order valence-electron chi connectivity index (χ0n) is 16.5. The molecule has 2 aromatic heterocycles. The Morgan fingerprint density at radius 2 is 1.70 bits per heavy atom. The highest BCUT2D eigenvalue weighted by molar-refractivity contribution is 5.86. The van der Waals surface area contributed by atoms with Crippen molar-refractivity contribution in [2.75, 3.05) is 32.7 Å². The van der Waals surface area contributed by atoms with E-state index in [4.69, 9.17) is 4.98 Å². The van der Waals surface area contributed by atoms with Gasteiger partial charge in [0.05, 0.1) is 12.1 Å². The predicted octanol–water partition coefficient (Wildman–Crippen LogP) is 2.57. The van der Waals surface area contributed by atoms with Crippen LogP contribution in [0.3, 0.4) is 0 Å². The number of nitrogens with zero attached hydrogens (tertiary/aromatic N) is 6. The molecule has 0 N–H and O–H groups in total. The maximum atomic E-state index is 4.79. The fraction of sp³-hybridized carbons (Fsp3) is 0.476. The Labute approximate surface area is 160 Å². The molecule has 3 aromatic rings. The highest BCUT2D eigenvalue weighted by Crippen LogP contribution is 2.24. The summed E-state index contributed by atoms with van der Waals surface area (Å²) >= 11 is 0. The molecule has 0 atom stereocenters. The average Bonchev–Trinajstić information content (AvgIpc) is 3.16. The Hall–Kier alpha value is -2.31. The summed E-state index contributed by atoms with van der Waals surface area (Å²) in [6.07, 6.45) is 3.39. The van der Waals surface area contributed by atoms with Crippen molar-refractivity contribution in [3.05, 3.63) is 53.2 Å². The third-order valence-corrected chi connectivity index (χ3v) is 5.43. The summed E-state index contributed by atoms with van der Waals surface area (Å²) in [4.78, 5) is 13.9. The number of hydrogen-bond acceptors (Lipinski definition) is 5. The number of benzene rings is 1. The molecule has 0 radical (unpaired) electrons. The lowest BCUT2D eigenvalue weighted by Crippen LogP contribution is -2.46. The maximum absolute atomic E-state index is 4.79. The van der Waals surface area contributed by atoms with Crippen molar-refractivity contribution in [1.29, 1.82) is 0 Å². The molecular formula is C21H28N6. The standard InChI is InChI=1S/C21H28N6/c1-16-10-17(2)21-20(11-16)19(12-18(3)24-21)13-26-6-4-25(5-7-26)8-9-27-15-22-14-23-27/h10-12,14-15H,4-9,13H2,1-3H3. The van der Waals surface area contributed by atoms with Gasteiger partial charge in [0.2, 0.25) is 0 Å². The number of hydrogen-bond donors (Lipinski definition) is 0. The van der Waals surface area contributed by atoms with Crippen LogP contribution in [-0.2, 0) is 13.1 Å². The summed E-state index contributed by atoms with van der Waals surface area (Å²) in [5.74, 6) is 0. The Balaban J connectivity index is 1.41. The molecule has 6 heteroatoms. The minimum Gasteiger partial charge on any atom is -0.299 e. The maximum Gasteiger partial charge on any atom is 0.137 e. The van der Waals surface area contributed by atoms with Gasteiger partial charge in [0.25, 0.3) is 0 Å². The molecule has 6 nitrogen and oxygen atoms in total. The summed E-state index contributed by atoms with van der Waals surface area (Å²) in [5.41, 5.74) is 6.25. The monoisotopic (exact) mass is 364 g/mol. The first kappa shape index (κ1) is 18.1. The fourth-order valence-electron chi connectivity index (χ4n) is 4.03. The van der Waals surface area contributed by atoms with Crippen LogP contribution in [0.5, 0.6) is 0 Å². The van der Waals surface area contributed by atoms with Crippen LogP contribution in [0.1, 0.15) is 22.4 Å². The number of aryl methyl sites for hydroxylation is 3. The van der Waals surface area contributed by atoms with Crippen LogP contribution in [0.2, 0.25) is 0 Å². The van der Waals surface area contributed by atoms with Crippen LogP contribution in [0.25, 0.3) is 10.9 Å². The van der Waals surface area contributed by atoms with Gasteiger partial charge < -0.3 is 0 Å². The molecule has 1 aliphatic heterocycles. The van der Waals surface area contributed by atoms with Crippen LogP contribution in [-0.4, -0.2) is 62.3 Å². The Morgan fingerprint density at radius 1 is 0.926 bits per heavy atom. The smallest absolute Gasteiger partial charge is 0.137 e. The quantitative estimate of drug-likeness (QED) is 0.696. The van der Waals surface area contributed by atoms with E-state index < -0.39 is 0 Å². The summed E-state index contributed by atoms with van der Waals surface area (Å²) < 4.78 is 1.91. The van der Waals surface area contributed by atoms with Gasteiger partial charge in [-0.2, -0.15) is 5.10 Å². The van der Waals surface area contributed by atoms with Gasteiger partial charge in [-0.05, 0) is 44.0 Å². The second-order valence-corrected chi connectivity index (χ2v) is 7.68. The number of piperazine rings is 1. The highest BCUT2D eigenvalue weighted by Gasteiger charge is 2.18. The normalized spacial score (nSPS) is 16.3. The first-order valence-corrected chi connectivity index (χ1v) is 9.73. The minimum atomic E-state index is 0.909. The van der Waals surface area contributed by atoms with Gasteiger partial charge in [0.15, 0.2) is 0 Å². The van der Waals surface area contributed by atoms with E-state index in [-0.39, 0.29) is 0 Å². The molecule has 142 valence electrons. The first-order valence-electron chi connectivity index (χ1n) is 9.73. The minimum absolute atomic E-state index is 0.909. The van der Waals surface area contributed by atoms with Crippen LogP contribution < -0.4 is 0 Å². The van der Waals surface area contributed by atoms with Gasteiger partial charge in [-0.25, -0.2) is 4.98 Å². The molecule has 1 fully saturated rings. The molecule has 0 aliphatic carbocycles. The van der Waals surface area contributed by atoms with E-state index in [2.05, 4.69) is 58.9 Å². The van der Waals surface area contributed by atoms with Gasteiger partial charge >= 0.3 is 0 Å². The summed E-state index contributed by atoms with van der Waals surface area (Å²) in [7, 11) is 0. The van der Waals surface area contributed by atoms with E-state index >= 15 is 0 Å². The van der Waals surface area contributed by atoms with Crippen LogP contribution >= 0.6 is 0 Å². The van der Waals surface area contributed by atoms with E-state index in [1.54, 1.807) is 12.7 Å². The van der Waals surface area contributed by atoms with Crippen LogP contribution in [0, 0.1) is 20.8 Å². The summed E-state index contributed by atoms with van der Waals surface area (Å²) in [6.45, 7) is 13.8. The molecule has 3 heterocycles. The van der Waals surface area contributed by atoms with Gasteiger partial charge in [0, 0.05) is 50.3 Å². The van der Waals surface area contributed by atoms with Crippen molar-refractivity contribution in [3.63, 3.8) is 0 Å². The molecule has 1 aliphatic rings. The zero-order chi connectivity index (χ0) is 18.8. The summed E-state index contributed by atoms with van der Waals surface area (Å²) in [5, 5.41) is 5.50. The van der Waals surface area contributed by atoms with Crippen molar-refractivity contribution >= 4 is 10.9 Å². The van der Waals surface area contributed by atoms with E-state index in [9.17, 15) is 0 Å². The van der Waals surface area contributed by atoms with E-state index in [1.807, 2.05) is 4.68 Å². The second kappa shape index (κ2) is 7.74. The van der Waals surface area contributed by atoms with Crippen molar-refractivity contribution < 1.29 is 0 Å². The van der Waals surface area contributed by atoms with Gasteiger partial charge in [-0.3, -0.25) is 19.5 Å². The number of aromatic nitrogens is 4. The molecule has 4 rings (SSSR count).